The Morgan fingerprint density at radius 3 is 2.61 bits per heavy atom. The van der Waals surface area contributed by atoms with Gasteiger partial charge < -0.3 is 4.90 Å². The van der Waals surface area contributed by atoms with Crippen molar-refractivity contribution in [3.05, 3.63) is 34.9 Å². The minimum absolute atomic E-state index is 0.166. The largest absolute Gasteiger partial charge is 0.300 e. The number of nitrogens with zero attached hydrogens (tertiary/aromatic N) is 1. The third kappa shape index (κ3) is 4.79. The molecule has 2 nitrogen and oxygen atoms in total. The van der Waals surface area contributed by atoms with E-state index in [2.05, 4.69) is 25.7 Å². The summed E-state index contributed by atoms with van der Waals surface area (Å²) in [5, 5.41) is 0.620. The van der Waals surface area contributed by atoms with Gasteiger partial charge in [-0.3, -0.25) is 4.79 Å². The molecule has 0 unspecified atom stereocenters. The summed E-state index contributed by atoms with van der Waals surface area (Å²) < 4.78 is 0. The van der Waals surface area contributed by atoms with Crippen molar-refractivity contribution in [2.45, 2.75) is 39.7 Å². The van der Waals surface area contributed by atoms with Crippen LogP contribution in [0.2, 0.25) is 5.02 Å². The minimum atomic E-state index is 0.166. The van der Waals surface area contributed by atoms with E-state index in [0.717, 1.165) is 19.5 Å². The van der Waals surface area contributed by atoms with Crippen molar-refractivity contribution < 1.29 is 4.79 Å². The molecule has 0 spiro atoms. The highest BCUT2D eigenvalue weighted by Gasteiger charge is 2.12. The lowest BCUT2D eigenvalue weighted by Gasteiger charge is -2.25. The Hall–Kier alpha value is -0.860. The lowest BCUT2D eigenvalue weighted by Crippen LogP contribution is -2.33. The standard InChI is InChI=1S/C15H22ClNO/c1-4-9-17(12(2)3)10-8-15(18)13-6-5-7-14(16)11-13/h5-7,11-12H,4,8-10H2,1-3H3. The highest BCUT2D eigenvalue weighted by molar-refractivity contribution is 6.31. The second-order valence-corrected chi connectivity index (χ2v) is 5.25. The molecule has 0 radical (unpaired) electrons. The first kappa shape index (κ1) is 15.2. The second kappa shape index (κ2) is 7.55. The Morgan fingerprint density at radius 1 is 1.33 bits per heavy atom. The smallest absolute Gasteiger partial charge is 0.164 e. The van der Waals surface area contributed by atoms with Crippen molar-refractivity contribution in [2.75, 3.05) is 13.1 Å². The normalized spacial score (nSPS) is 11.2. The van der Waals surface area contributed by atoms with Gasteiger partial charge in [0.05, 0.1) is 0 Å². The molecule has 1 aromatic rings. The first-order valence-corrected chi connectivity index (χ1v) is 6.95. The molecule has 0 fully saturated rings. The van der Waals surface area contributed by atoms with Gasteiger partial charge in [-0.25, -0.2) is 0 Å². The zero-order valence-corrected chi connectivity index (χ0v) is 12.2. The number of hydrogen-bond acceptors (Lipinski definition) is 2. The lowest BCUT2D eigenvalue weighted by atomic mass is 10.1. The summed E-state index contributed by atoms with van der Waals surface area (Å²) >= 11 is 5.89. The number of ketones is 1. The molecule has 18 heavy (non-hydrogen) atoms. The van der Waals surface area contributed by atoms with E-state index in [1.54, 1.807) is 12.1 Å². The van der Waals surface area contributed by atoms with E-state index < -0.39 is 0 Å². The van der Waals surface area contributed by atoms with Crippen molar-refractivity contribution in [3.8, 4) is 0 Å². The molecule has 0 amide bonds. The van der Waals surface area contributed by atoms with E-state index in [-0.39, 0.29) is 5.78 Å². The molecule has 0 aliphatic heterocycles. The van der Waals surface area contributed by atoms with Crippen molar-refractivity contribution in [1.82, 2.24) is 4.90 Å². The van der Waals surface area contributed by atoms with Gasteiger partial charge in [0.25, 0.3) is 0 Å². The molecular formula is C15H22ClNO. The van der Waals surface area contributed by atoms with Gasteiger partial charge in [-0.1, -0.05) is 30.7 Å². The third-order valence-corrected chi connectivity index (χ3v) is 3.25. The molecule has 0 aliphatic rings. The Labute approximate surface area is 115 Å². The van der Waals surface area contributed by atoms with Crippen LogP contribution in [0.1, 0.15) is 44.0 Å². The maximum absolute atomic E-state index is 12.0. The second-order valence-electron chi connectivity index (χ2n) is 4.81. The molecule has 0 heterocycles. The fourth-order valence-corrected chi connectivity index (χ4v) is 2.16. The summed E-state index contributed by atoms with van der Waals surface area (Å²) in [4.78, 5) is 14.4. The molecular weight excluding hydrogens is 246 g/mol. The fraction of sp³-hybridized carbons (Fsp3) is 0.533. The monoisotopic (exact) mass is 267 g/mol. The van der Waals surface area contributed by atoms with Crippen LogP contribution < -0.4 is 0 Å². The number of halogens is 1. The maximum Gasteiger partial charge on any atom is 0.164 e. The van der Waals surface area contributed by atoms with Crippen LogP contribution in [0.15, 0.2) is 24.3 Å². The van der Waals surface area contributed by atoms with Crippen molar-refractivity contribution >= 4 is 17.4 Å². The Kier molecular flexibility index (Phi) is 6.37. The van der Waals surface area contributed by atoms with Gasteiger partial charge in [-0.05, 0) is 38.9 Å². The van der Waals surface area contributed by atoms with E-state index in [1.807, 2.05) is 12.1 Å². The number of carbonyl (C=O) groups excluding carboxylic acids is 1. The average molecular weight is 268 g/mol. The van der Waals surface area contributed by atoms with Crippen LogP contribution in [-0.2, 0) is 0 Å². The predicted molar refractivity (Wildman–Crippen MR) is 77.4 cm³/mol. The molecule has 0 saturated carbocycles. The summed E-state index contributed by atoms with van der Waals surface area (Å²) in [6, 6.07) is 7.66. The van der Waals surface area contributed by atoms with Crippen LogP contribution in [0.3, 0.4) is 0 Å². The molecule has 1 aromatic carbocycles. The summed E-state index contributed by atoms with van der Waals surface area (Å²) in [6.45, 7) is 8.35. The number of rotatable bonds is 7. The van der Waals surface area contributed by atoms with Crippen LogP contribution in [-0.4, -0.2) is 29.8 Å². The quantitative estimate of drug-likeness (QED) is 0.695. The molecule has 0 bridgehead atoms. The molecule has 1 rings (SSSR count). The molecule has 0 saturated heterocycles. The molecule has 0 atom stereocenters. The van der Waals surface area contributed by atoms with E-state index in [0.29, 0.717) is 23.0 Å². The summed E-state index contributed by atoms with van der Waals surface area (Å²) in [5.41, 5.74) is 0.711. The number of carbonyl (C=O) groups is 1. The van der Waals surface area contributed by atoms with Gasteiger partial charge in [0.2, 0.25) is 0 Å². The van der Waals surface area contributed by atoms with Gasteiger partial charge in [0.15, 0.2) is 5.78 Å². The van der Waals surface area contributed by atoms with Crippen LogP contribution in [0, 0.1) is 0 Å². The van der Waals surface area contributed by atoms with E-state index in [9.17, 15) is 4.79 Å². The SMILES string of the molecule is CCCN(CCC(=O)c1cccc(Cl)c1)C(C)C. The zero-order valence-electron chi connectivity index (χ0n) is 11.4. The predicted octanol–water partition coefficient (Wildman–Crippen LogP) is 4.03. The molecule has 100 valence electrons. The minimum Gasteiger partial charge on any atom is -0.300 e. The van der Waals surface area contributed by atoms with Crippen molar-refractivity contribution in [2.24, 2.45) is 0 Å². The Bertz CT molecular complexity index is 390. The van der Waals surface area contributed by atoms with Crippen LogP contribution >= 0.6 is 11.6 Å². The van der Waals surface area contributed by atoms with Crippen LogP contribution in [0.4, 0.5) is 0 Å². The first-order chi connectivity index (χ1) is 8.54. The van der Waals surface area contributed by atoms with Gasteiger partial charge in [-0.15, -0.1) is 0 Å². The van der Waals surface area contributed by atoms with E-state index in [1.165, 1.54) is 0 Å². The first-order valence-electron chi connectivity index (χ1n) is 6.57. The summed E-state index contributed by atoms with van der Waals surface area (Å²) in [7, 11) is 0. The lowest BCUT2D eigenvalue weighted by molar-refractivity contribution is 0.0955. The highest BCUT2D eigenvalue weighted by Crippen LogP contribution is 2.13. The maximum atomic E-state index is 12.0. The van der Waals surface area contributed by atoms with Gasteiger partial charge >= 0.3 is 0 Å². The fourth-order valence-electron chi connectivity index (χ4n) is 1.97. The van der Waals surface area contributed by atoms with Crippen molar-refractivity contribution in [1.29, 1.82) is 0 Å². The molecule has 0 aliphatic carbocycles. The number of hydrogen-bond donors (Lipinski definition) is 0. The van der Waals surface area contributed by atoms with E-state index in [4.69, 9.17) is 11.6 Å². The molecule has 3 heteroatoms. The highest BCUT2D eigenvalue weighted by atomic mass is 35.5. The number of Topliss-reactive ketones (excluding diaryl/α,β-unsaturated/α-hetero) is 1. The summed E-state index contributed by atoms with van der Waals surface area (Å²) in [6.07, 6.45) is 1.67. The Balaban J connectivity index is 2.54. The number of benzene rings is 1. The molecule has 0 aromatic heterocycles. The van der Waals surface area contributed by atoms with E-state index >= 15 is 0 Å². The topological polar surface area (TPSA) is 20.3 Å². The van der Waals surface area contributed by atoms with Gasteiger partial charge in [-0.2, -0.15) is 0 Å². The van der Waals surface area contributed by atoms with Crippen molar-refractivity contribution in [3.63, 3.8) is 0 Å². The van der Waals surface area contributed by atoms with Gasteiger partial charge in [0, 0.05) is 29.6 Å². The average Bonchev–Trinajstić information content (AvgIpc) is 2.33. The van der Waals surface area contributed by atoms with Crippen LogP contribution in [0.5, 0.6) is 0 Å². The zero-order chi connectivity index (χ0) is 13.5. The third-order valence-electron chi connectivity index (χ3n) is 3.01. The Morgan fingerprint density at radius 2 is 2.06 bits per heavy atom. The van der Waals surface area contributed by atoms with Crippen LogP contribution in [0.25, 0.3) is 0 Å². The molecule has 0 N–H and O–H groups in total. The summed E-state index contributed by atoms with van der Waals surface area (Å²) in [5.74, 6) is 0.166. The van der Waals surface area contributed by atoms with Gasteiger partial charge in [0.1, 0.15) is 0 Å².